The molecule has 4 heteroatoms. The summed E-state index contributed by atoms with van der Waals surface area (Å²) in [6.07, 6.45) is 7.47. The summed E-state index contributed by atoms with van der Waals surface area (Å²) in [5.41, 5.74) is 0.958. The van der Waals surface area contributed by atoms with Gasteiger partial charge < -0.3 is 5.32 Å². The molecule has 2 N–H and O–H groups in total. The molecule has 0 radical (unpaired) electrons. The van der Waals surface area contributed by atoms with Crippen LogP contribution in [0.25, 0.3) is 0 Å². The molecule has 0 spiro atoms. The van der Waals surface area contributed by atoms with Gasteiger partial charge in [0.05, 0.1) is 12.2 Å². The van der Waals surface area contributed by atoms with E-state index in [0.717, 1.165) is 18.5 Å². The lowest BCUT2D eigenvalue weighted by molar-refractivity contribution is -0.126. The van der Waals surface area contributed by atoms with Crippen LogP contribution in [0.15, 0.2) is 12.3 Å². The number of amides is 1. The van der Waals surface area contributed by atoms with Crippen LogP contribution in [-0.2, 0) is 11.3 Å². The predicted octanol–water partition coefficient (Wildman–Crippen LogP) is 1.61. The Bertz CT molecular complexity index is 302. The molecule has 1 heterocycles. The van der Waals surface area contributed by atoms with Crippen LogP contribution in [0.5, 0.6) is 0 Å². The van der Waals surface area contributed by atoms with Gasteiger partial charge in [-0.25, -0.2) is 0 Å². The molecule has 1 aliphatic carbocycles. The van der Waals surface area contributed by atoms with Crippen molar-refractivity contribution in [2.75, 3.05) is 0 Å². The summed E-state index contributed by atoms with van der Waals surface area (Å²) in [6.45, 7) is 0.565. The highest BCUT2D eigenvalue weighted by atomic mass is 16.1. The Morgan fingerprint density at radius 3 is 2.93 bits per heavy atom. The van der Waals surface area contributed by atoms with Crippen LogP contribution in [0.4, 0.5) is 0 Å². The van der Waals surface area contributed by atoms with E-state index in [-0.39, 0.29) is 11.8 Å². The fraction of sp³-hybridized carbons (Fsp3) is 0.636. The smallest absolute Gasteiger partial charge is 0.223 e. The molecule has 0 unspecified atom stereocenters. The molecule has 4 nitrogen and oxygen atoms in total. The van der Waals surface area contributed by atoms with Gasteiger partial charge in [-0.3, -0.25) is 9.89 Å². The second-order valence-corrected chi connectivity index (χ2v) is 4.13. The third-order valence-electron chi connectivity index (χ3n) is 2.99. The third-order valence-corrected chi connectivity index (χ3v) is 2.99. The Balaban J connectivity index is 1.76. The second-order valence-electron chi connectivity index (χ2n) is 4.13. The van der Waals surface area contributed by atoms with Crippen molar-refractivity contribution < 1.29 is 4.79 Å². The summed E-state index contributed by atoms with van der Waals surface area (Å²) < 4.78 is 0. The normalized spacial score (nSPS) is 17.6. The highest BCUT2D eigenvalue weighted by molar-refractivity contribution is 5.78. The maximum absolute atomic E-state index is 11.7. The highest BCUT2D eigenvalue weighted by Crippen LogP contribution is 2.23. The van der Waals surface area contributed by atoms with E-state index in [1.807, 2.05) is 6.07 Å². The topological polar surface area (TPSA) is 57.8 Å². The fourth-order valence-electron chi connectivity index (χ4n) is 2.07. The molecule has 1 amide bonds. The first-order valence-electron chi connectivity index (χ1n) is 5.62. The van der Waals surface area contributed by atoms with Gasteiger partial charge in [0.15, 0.2) is 0 Å². The Kier molecular flexibility index (Phi) is 3.37. The largest absolute Gasteiger partial charge is 0.350 e. The lowest BCUT2D eigenvalue weighted by Crippen LogP contribution is -2.31. The van der Waals surface area contributed by atoms with E-state index in [1.54, 1.807) is 6.20 Å². The van der Waals surface area contributed by atoms with E-state index < -0.39 is 0 Å². The van der Waals surface area contributed by atoms with Gasteiger partial charge >= 0.3 is 0 Å². The number of hydrogen-bond acceptors (Lipinski definition) is 2. The quantitative estimate of drug-likeness (QED) is 0.791. The standard InChI is InChI=1S/C11H17N3O/c15-11(9-4-2-1-3-5-9)12-8-10-6-7-13-14-10/h6-7,9H,1-5,8H2,(H,12,15)(H,13,14). The average Bonchev–Trinajstić information content (AvgIpc) is 2.80. The first-order chi connectivity index (χ1) is 7.36. The number of carbonyl (C=O) groups excluding carboxylic acids is 1. The molecule has 0 bridgehead atoms. The number of H-pyrrole nitrogens is 1. The van der Waals surface area contributed by atoms with Crippen molar-refractivity contribution in [3.63, 3.8) is 0 Å². The molecule has 82 valence electrons. The van der Waals surface area contributed by atoms with Gasteiger partial charge in [-0.1, -0.05) is 19.3 Å². The summed E-state index contributed by atoms with van der Waals surface area (Å²) in [6, 6.07) is 1.88. The van der Waals surface area contributed by atoms with E-state index in [1.165, 1.54) is 19.3 Å². The molecule has 0 saturated heterocycles. The summed E-state index contributed by atoms with van der Waals surface area (Å²) in [5.74, 6) is 0.436. The van der Waals surface area contributed by atoms with Crippen molar-refractivity contribution in [3.8, 4) is 0 Å². The molecular formula is C11H17N3O. The maximum atomic E-state index is 11.7. The van der Waals surface area contributed by atoms with E-state index in [4.69, 9.17) is 0 Å². The number of rotatable bonds is 3. The van der Waals surface area contributed by atoms with Crippen molar-refractivity contribution >= 4 is 5.91 Å². The monoisotopic (exact) mass is 207 g/mol. The van der Waals surface area contributed by atoms with Crippen molar-refractivity contribution in [2.24, 2.45) is 5.92 Å². The average molecular weight is 207 g/mol. The van der Waals surface area contributed by atoms with E-state index in [2.05, 4.69) is 15.5 Å². The molecule has 15 heavy (non-hydrogen) atoms. The molecule has 0 aromatic carbocycles. The van der Waals surface area contributed by atoms with Crippen LogP contribution in [0, 0.1) is 5.92 Å². The van der Waals surface area contributed by atoms with E-state index in [9.17, 15) is 4.79 Å². The highest BCUT2D eigenvalue weighted by Gasteiger charge is 2.20. The minimum absolute atomic E-state index is 0.198. The van der Waals surface area contributed by atoms with Crippen LogP contribution >= 0.6 is 0 Å². The second kappa shape index (κ2) is 4.96. The first-order valence-corrected chi connectivity index (χ1v) is 5.62. The van der Waals surface area contributed by atoms with Crippen molar-refractivity contribution in [1.29, 1.82) is 0 Å². The zero-order valence-corrected chi connectivity index (χ0v) is 8.83. The molecule has 1 aliphatic rings. The predicted molar refractivity (Wildman–Crippen MR) is 57.0 cm³/mol. The molecule has 1 saturated carbocycles. The van der Waals surface area contributed by atoms with Gasteiger partial charge in [-0.05, 0) is 18.9 Å². The van der Waals surface area contributed by atoms with Gasteiger partial charge in [-0.15, -0.1) is 0 Å². The third kappa shape index (κ3) is 2.81. The van der Waals surface area contributed by atoms with Crippen molar-refractivity contribution in [3.05, 3.63) is 18.0 Å². The Morgan fingerprint density at radius 1 is 1.47 bits per heavy atom. The molecule has 0 aliphatic heterocycles. The van der Waals surface area contributed by atoms with E-state index in [0.29, 0.717) is 6.54 Å². The summed E-state index contributed by atoms with van der Waals surface area (Å²) in [4.78, 5) is 11.7. The minimum atomic E-state index is 0.198. The lowest BCUT2D eigenvalue weighted by Gasteiger charge is -2.20. The number of carbonyl (C=O) groups is 1. The molecule has 1 fully saturated rings. The molecule has 1 aromatic heterocycles. The zero-order valence-electron chi connectivity index (χ0n) is 8.83. The minimum Gasteiger partial charge on any atom is -0.350 e. The molecular weight excluding hydrogens is 190 g/mol. The Morgan fingerprint density at radius 2 is 2.27 bits per heavy atom. The Hall–Kier alpha value is -1.32. The maximum Gasteiger partial charge on any atom is 0.223 e. The SMILES string of the molecule is O=C(NCc1ccn[nH]1)C1CCCCC1. The van der Waals surface area contributed by atoms with Gasteiger partial charge in [0.1, 0.15) is 0 Å². The van der Waals surface area contributed by atoms with E-state index >= 15 is 0 Å². The van der Waals surface area contributed by atoms with Crippen LogP contribution in [-0.4, -0.2) is 16.1 Å². The number of nitrogens with zero attached hydrogens (tertiary/aromatic N) is 1. The summed E-state index contributed by atoms with van der Waals surface area (Å²) in [5, 5.41) is 9.61. The molecule has 0 atom stereocenters. The molecule has 2 rings (SSSR count). The molecule has 1 aromatic rings. The summed E-state index contributed by atoms with van der Waals surface area (Å²) >= 11 is 0. The first kappa shape index (κ1) is 10.2. The van der Waals surface area contributed by atoms with Crippen LogP contribution in [0.2, 0.25) is 0 Å². The summed E-state index contributed by atoms with van der Waals surface area (Å²) in [7, 11) is 0. The number of hydrogen-bond donors (Lipinski definition) is 2. The van der Waals surface area contributed by atoms with Gasteiger partial charge in [-0.2, -0.15) is 5.10 Å². The van der Waals surface area contributed by atoms with Crippen LogP contribution in [0.1, 0.15) is 37.8 Å². The van der Waals surface area contributed by atoms with Crippen LogP contribution in [0.3, 0.4) is 0 Å². The number of aromatic amines is 1. The van der Waals surface area contributed by atoms with Gasteiger partial charge in [0.25, 0.3) is 0 Å². The Labute approximate surface area is 89.5 Å². The lowest BCUT2D eigenvalue weighted by atomic mass is 9.89. The number of aromatic nitrogens is 2. The van der Waals surface area contributed by atoms with Crippen molar-refractivity contribution in [1.82, 2.24) is 15.5 Å². The van der Waals surface area contributed by atoms with Crippen molar-refractivity contribution in [2.45, 2.75) is 38.6 Å². The zero-order chi connectivity index (χ0) is 10.5. The van der Waals surface area contributed by atoms with Crippen LogP contribution < -0.4 is 5.32 Å². The fourth-order valence-corrected chi connectivity index (χ4v) is 2.07. The van der Waals surface area contributed by atoms with Gasteiger partial charge in [0, 0.05) is 12.1 Å². The number of nitrogens with one attached hydrogen (secondary N) is 2. The van der Waals surface area contributed by atoms with Gasteiger partial charge in [0.2, 0.25) is 5.91 Å².